The first-order valence-electron chi connectivity index (χ1n) is 8.21. The lowest BCUT2D eigenvalue weighted by Crippen LogP contribution is -2.17. The number of non-ortho nitro benzene ring substituents is 1. The molecule has 0 amide bonds. The molecule has 138 valence electrons. The Kier molecular flexibility index (Phi) is 5.20. The molecular formula is C18H17N5O4. The molecule has 0 aliphatic rings. The Labute approximate surface area is 154 Å². The van der Waals surface area contributed by atoms with Crippen LogP contribution in [0.15, 0.2) is 48.5 Å². The zero-order valence-electron chi connectivity index (χ0n) is 14.8. The van der Waals surface area contributed by atoms with E-state index in [1.165, 1.54) is 12.1 Å². The number of hydrogen-bond donors (Lipinski definition) is 0. The Balaban J connectivity index is 1.63. The lowest BCUT2D eigenvalue weighted by molar-refractivity contribution is -0.385. The van der Waals surface area contributed by atoms with Crippen LogP contribution in [-0.2, 0) is 16.1 Å². The van der Waals surface area contributed by atoms with Crippen LogP contribution in [-0.4, -0.2) is 31.1 Å². The first kappa shape index (κ1) is 18.2. The molecule has 2 aromatic carbocycles. The number of carbonyl (C=O) groups excluding carboxylic acids is 1. The Morgan fingerprint density at radius 3 is 2.70 bits per heavy atom. The first-order valence-corrected chi connectivity index (χ1v) is 8.21. The van der Waals surface area contributed by atoms with E-state index in [-0.39, 0.29) is 12.2 Å². The van der Waals surface area contributed by atoms with E-state index in [1.807, 2.05) is 31.2 Å². The maximum absolute atomic E-state index is 12.1. The zero-order chi connectivity index (χ0) is 19.4. The van der Waals surface area contributed by atoms with Crippen molar-refractivity contribution in [2.24, 2.45) is 0 Å². The van der Waals surface area contributed by atoms with Crippen molar-refractivity contribution in [2.75, 3.05) is 0 Å². The van der Waals surface area contributed by atoms with Gasteiger partial charge in [-0.3, -0.25) is 10.1 Å². The summed E-state index contributed by atoms with van der Waals surface area (Å²) in [6.45, 7) is 3.41. The second-order valence-electron chi connectivity index (χ2n) is 5.99. The van der Waals surface area contributed by atoms with Crippen molar-refractivity contribution in [3.05, 3.63) is 69.8 Å². The number of hydrogen-bond acceptors (Lipinski definition) is 7. The van der Waals surface area contributed by atoms with Crippen molar-refractivity contribution in [3.8, 4) is 11.4 Å². The number of aryl methyl sites for hydroxylation is 1. The van der Waals surface area contributed by atoms with Gasteiger partial charge in [0.1, 0.15) is 6.10 Å². The number of tetrazole rings is 1. The third kappa shape index (κ3) is 4.51. The van der Waals surface area contributed by atoms with Gasteiger partial charge in [0.2, 0.25) is 5.82 Å². The number of benzene rings is 2. The van der Waals surface area contributed by atoms with Gasteiger partial charge in [0.05, 0.1) is 4.92 Å². The minimum absolute atomic E-state index is 0.0592. The van der Waals surface area contributed by atoms with Crippen LogP contribution in [0.2, 0.25) is 0 Å². The van der Waals surface area contributed by atoms with Gasteiger partial charge in [-0.2, -0.15) is 4.80 Å². The van der Waals surface area contributed by atoms with Crippen LogP contribution in [0.4, 0.5) is 5.69 Å². The molecule has 0 bridgehead atoms. The summed E-state index contributed by atoms with van der Waals surface area (Å²) in [4.78, 5) is 23.6. The molecule has 1 atom stereocenters. The van der Waals surface area contributed by atoms with Gasteiger partial charge in [-0.1, -0.05) is 42.0 Å². The standard InChI is InChI=1S/C18H17N5O4/c1-12-6-8-14(9-7-12)18-19-21-22(20-18)11-17(24)27-13(2)15-4-3-5-16(10-15)23(25)26/h3-10,13H,11H2,1-2H3/t13-/m0/s1. The molecule has 9 heteroatoms. The highest BCUT2D eigenvalue weighted by Gasteiger charge is 2.16. The normalized spacial score (nSPS) is 11.8. The molecule has 0 fully saturated rings. The van der Waals surface area contributed by atoms with Crippen molar-refractivity contribution >= 4 is 11.7 Å². The van der Waals surface area contributed by atoms with Gasteiger partial charge in [0, 0.05) is 17.7 Å². The zero-order valence-corrected chi connectivity index (χ0v) is 14.8. The Bertz CT molecular complexity index is 968. The van der Waals surface area contributed by atoms with Gasteiger partial charge >= 0.3 is 5.97 Å². The average Bonchev–Trinajstić information content (AvgIpc) is 3.10. The largest absolute Gasteiger partial charge is 0.456 e. The fourth-order valence-electron chi connectivity index (χ4n) is 2.44. The predicted octanol–water partition coefficient (Wildman–Crippen LogP) is 2.86. The van der Waals surface area contributed by atoms with Gasteiger partial charge in [-0.05, 0) is 24.6 Å². The maximum Gasteiger partial charge on any atom is 0.330 e. The highest BCUT2D eigenvalue weighted by Crippen LogP contribution is 2.22. The minimum Gasteiger partial charge on any atom is -0.456 e. The summed E-state index contributed by atoms with van der Waals surface area (Å²) in [6, 6.07) is 13.6. The van der Waals surface area contributed by atoms with Gasteiger partial charge in [-0.25, -0.2) is 4.79 Å². The van der Waals surface area contributed by atoms with Gasteiger partial charge in [-0.15, -0.1) is 10.2 Å². The van der Waals surface area contributed by atoms with E-state index in [0.717, 1.165) is 15.9 Å². The maximum atomic E-state index is 12.1. The van der Waals surface area contributed by atoms with E-state index >= 15 is 0 Å². The molecule has 0 aliphatic carbocycles. The summed E-state index contributed by atoms with van der Waals surface area (Å²) in [5, 5.41) is 22.8. The third-order valence-corrected chi connectivity index (χ3v) is 3.89. The average molecular weight is 367 g/mol. The monoisotopic (exact) mass is 367 g/mol. The molecule has 3 rings (SSSR count). The quantitative estimate of drug-likeness (QED) is 0.374. The molecule has 0 aliphatic heterocycles. The predicted molar refractivity (Wildman–Crippen MR) is 95.6 cm³/mol. The number of carbonyl (C=O) groups is 1. The van der Waals surface area contributed by atoms with Gasteiger partial charge in [0.25, 0.3) is 5.69 Å². The van der Waals surface area contributed by atoms with Crippen LogP contribution in [0.3, 0.4) is 0 Å². The number of nitrogens with zero attached hydrogens (tertiary/aromatic N) is 5. The van der Waals surface area contributed by atoms with E-state index < -0.39 is 17.0 Å². The molecule has 0 spiro atoms. The molecule has 27 heavy (non-hydrogen) atoms. The second kappa shape index (κ2) is 7.73. The Morgan fingerprint density at radius 1 is 1.26 bits per heavy atom. The SMILES string of the molecule is Cc1ccc(-c2nnn(CC(=O)O[C@@H](C)c3cccc([N+](=O)[O-])c3)n2)cc1. The summed E-state index contributed by atoms with van der Waals surface area (Å²) in [5.74, 6) is -0.156. The van der Waals surface area contributed by atoms with Crippen molar-refractivity contribution in [3.63, 3.8) is 0 Å². The number of rotatable bonds is 6. The Hall–Kier alpha value is -3.62. The van der Waals surface area contributed by atoms with Crippen molar-refractivity contribution in [1.29, 1.82) is 0 Å². The molecule has 3 aromatic rings. The highest BCUT2D eigenvalue weighted by molar-refractivity contribution is 5.69. The van der Waals surface area contributed by atoms with Crippen LogP contribution in [0, 0.1) is 17.0 Å². The summed E-state index contributed by atoms with van der Waals surface area (Å²) in [5.41, 5.74) is 2.38. The number of nitro benzene ring substituents is 1. The third-order valence-electron chi connectivity index (χ3n) is 3.89. The van der Waals surface area contributed by atoms with E-state index in [2.05, 4.69) is 15.4 Å². The minimum atomic E-state index is -0.641. The van der Waals surface area contributed by atoms with Gasteiger partial charge < -0.3 is 4.74 Å². The Morgan fingerprint density at radius 2 is 2.00 bits per heavy atom. The molecule has 1 aromatic heterocycles. The summed E-state index contributed by atoms with van der Waals surface area (Å²) >= 11 is 0. The lowest BCUT2D eigenvalue weighted by atomic mass is 10.1. The van der Waals surface area contributed by atoms with E-state index in [0.29, 0.717) is 11.4 Å². The van der Waals surface area contributed by atoms with Gasteiger partial charge in [0.15, 0.2) is 6.54 Å². The molecule has 0 saturated carbocycles. The second-order valence-corrected chi connectivity index (χ2v) is 5.99. The van der Waals surface area contributed by atoms with E-state index in [4.69, 9.17) is 4.74 Å². The van der Waals surface area contributed by atoms with E-state index in [1.54, 1.807) is 19.1 Å². The van der Waals surface area contributed by atoms with Crippen LogP contribution in [0.1, 0.15) is 24.2 Å². The summed E-state index contributed by atoms with van der Waals surface area (Å²) in [6.07, 6.45) is -0.641. The van der Waals surface area contributed by atoms with Crippen LogP contribution >= 0.6 is 0 Å². The molecule has 0 N–H and O–H groups in total. The number of nitro groups is 1. The topological polar surface area (TPSA) is 113 Å². The van der Waals surface area contributed by atoms with Crippen LogP contribution in [0.5, 0.6) is 0 Å². The molecule has 9 nitrogen and oxygen atoms in total. The molecule has 0 radical (unpaired) electrons. The van der Waals surface area contributed by atoms with E-state index in [9.17, 15) is 14.9 Å². The fraction of sp³-hybridized carbons (Fsp3) is 0.222. The van der Waals surface area contributed by atoms with Crippen molar-refractivity contribution in [1.82, 2.24) is 20.2 Å². The molecule has 1 heterocycles. The first-order chi connectivity index (χ1) is 12.9. The van der Waals surface area contributed by atoms with Crippen molar-refractivity contribution in [2.45, 2.75) is 26.5 Å². The molecular weight excluding hydrogens is 350 g/mol. The summed E-state index contributed by atoms with van der Waals surface area (Å²) in [7, 11) is 0. The van der Waals surface area contributed by atoms with Crippen molar-refractivity contribution < 1.29 is 14.5 Å². The fourth-order valence-corrected chi connectivity index (χ4v) is 2.44. The highest BCUT2D eigenvalue weighted by atomic mass is 16.6. The summed E-state index contributed by atoms with van der Waals surface area (Å²) < 4.78 is 5.32. The van der Waals surface area contributed by atoms with Crippen LogP contribution in [0.25, 0.3) is 11.4 Å². The smallest absolute Gasteiger partial charge is 0.330 e. The van der Waals surface area contributed by atoms with Crippen LogP contribution < -0.4 is 0 Å². The lowest BCUT2D eigenvalue weighted by Gasteiger charge is -2.13. The molecule has 0 saturated heterocycles. The number of ether oxygens (including phenoxy) is 1. The molecule has 0 unspecified atom stereocenters. The number of esters is 1. The number of aromatic nitrogens is 4.